The molecule has 1 aromatic heterocycles. The predicted octanol–water partition coefficient (Wildman–Crippen LogP) is 5.69. The minimum Gasteiger partial charge on any atom is -0.494 e. The van der Waals surface area contributed by atoms with Crippen LogP contribution in [-0.2, 0) is 4.79 Å². The summed E-state index contributed by atoms with van der Waals surface area (Å²) >= 11 is 3.08. The lowest BCUT2D eigenvalue weighted by Gasteiger charge is -2.24. The van der Waals surface area contributed by atoms with E-state index in [-0.39, 0.29) is 11.7 Å². The first kappa shape index (κ1) is 24.5. The van der Waals surface area contributed by atoms with Crippen LogP contribution >= 0.6 is 23.1 Å². The summed E-state index contributed by atoms with van der Waals surface area (Å²) in [5, 5.41) is 0.720. The molecule has 0 unspecified atom stereocenters. The van der Waals surface area contributed by atoms with Gasteiger partial charge >= 0.3 is 0 Å². The maximum absolute atomic E-state index is 13.2. The minimum absolute atomic E-state index is 0.0517. The van der Waals surface area contributed by atoms with E-state index in [2.05, 4.69) is 18.7 Å². The Morgan fingerprint density at radius 3 is 2.53 bits per heavy atom. The molecule has 0 saturated carbocycles. The van der Waals surface area contributed by atoms with Crippen LogP contribution in [0.4, 0.5) is 9.52 Å². The number of aromatic nitrogens is 1. The summed E-state index contributed by atoms with van der Waals surface area (Å²) in [4.78, 5) is 23.0. The van der Waals surface area contributed by atoms with Crippen molar-refractivity contribution < 1.29 is 13.9 Å². The maximum Gasteiger partial charge on any atom is 0.229 e. The van der Waals surface area contributed by atoms with Crippen LogP contribution < -0.4 is 9.64 Å². The number of anilines is 1. The lowest BCUT2D eigenvalue weighted by Crippen LogP contribution is -2.39. The molecular weight excluding hydrogens is 445 g/mol. The number of ether oxygens (including phenoxy) is 1. The topological polar surface area (TPSA) is 45.7 Å². The second kappa shape index (κ2) is 12.2. The van der Waals surface area contributed by atoms with Gasteiger partial charge in [-0.25, -0.2) is 9.37 Å². The lowest BCUT2D eigenvalue weighted by atomic mass is 10.3. The Labute approximate surface area is 197 Å². The van der Waals surface area contributed by atoms with E-state index in [0.717, 1.165) is 45.6 Å². The van der Waals surface area contributed by atoms with E-state index in [1.54, 1.807) is 23.9 Å². The van der Waals surface area contributed by atoms with Crippen LogP contribution in [0.1, 0.15) is 27.2 Å². The molecule has 0 N–H and O–H groups in total. The second-order valence-corrected chi connectivity index (χ2v) is 9.36. The molecule has 1 amide bonds. The average molecular weight is 476 g/mol. The van der Waals surface area contributed by atoms with Crippen molar-refractivity contribution in [3.63, 3.8) is 0 Å². The Bertz CT molecular complexity index is 1010. The first-order chi connectivity index (χ1) is 15.5. The van der Waals surface area contributed by atoms with Gasteiger partial charge in [0.05, 0.1) is 16.8 Å². The van der Waals surface area contributed by atoms with E-state index in [1.165, 1.54) is 23.5 Å². The van der Waals surface area contributed by atoms with Gasteiger partial charge in [0, 0.05) is 30.2 Å². The second-order valence-electron chi connectivity index (χ2n) is 7.18. The number of carbonyl (C=O) groups is 1. The van der Waals surface area contributed by atoms with Crippen molar-refractivity contribution in [2.75, 3.05) is 43.4 Å². The fourth-order valence-corrected chi connectivity index (χ4v) is 5.17. The fraction of sp³-hybridized carbons (Fsp3) is 0.417. The van der Waals surface area contributed by atoms with Crippen molar-refractivity contribution >= 4 is 44.4 Å². The quantitative estimate of drug-likeness (QED) is 0.315. The van der Waals surface area contributed by atoms with Gasteiger partial charge in [0.15, 0.2) is 5.13 Å². The Morgan fingerprint density at radius 1 is 1.09 bits per heavy atom. The number of carbonyl (C=O) groups excluding carboxylic acids is 1. The highest BCUT2D eigenvalue weighted by Gasteiger charge is 2.20. The van der Waals surface area contributed by atoms with Gasteiger partial charge in [0.2, 0.25) is 5.91 Å². The average Bonchev–Trinajstić information content (AvgIpc) is 3.21. The molecule has 32 heavy (non-hydrogen) atoms. The fourth-order valence-electron chi connectivity index (χ4n) is 3.29. The van der Waals surface area contributed by atoms with Crippen molar-refractivity contribution in [1.29, 1.82) is 0 Å². The summed E-state index contributed by atoms with van der Waals surface area (Å²) in [5.74, 6) is 1.24. The number of fused-ring (bicyclic) bond motifs is 1. The molecule has 0 atom stereocenters. The third-order valence-corrected chi connectivity index (χ3v) is 7.18. The van der Waals surface area contributed by atoms with Crippen LogP contribution in [0, 0.1) is 5.82 Å². The summed E-state index contributed by atoms with van der Waals surface area (Å²) < 4.78 is 19.7. The van der Waals surface area contributed by atoms with Crippen molar-refractivity contribution in [1.82, 2.24) is 9.88 Å². The van der Waals surface area contributed by atoms with Gasteiger partial charge in [0.1, 0.15) is 11.6 Å². The highest BCUT2D eigenvalue weighted by molar-refractivity contribution is 7.99. The van der Waals surface area contributed by atoms with Crippen LogP contribution in [0.2, 0.25) is 0 Å². The number of likely N-dealkylation sites (N-methyl/N-ethyl adjacent to an activating group) is 1. The third-order valence-electron chi connectivity index (χ3n) is 5.12. The van der Waals surface area contributed by atoms with Crippen LogP contribution in [0.15, 0.2) is 47.4 Å². The van der Waals surface area contributed by atoms with E-state index in [0.29, 0.717) is 25.3 Å². The number of benzene rings is 2. The Morgan fingerprint density at radius 2 is 1.84 bits per heavy atom. The molecule has 5 nitrogen and oxygen atoms in total. The number of hydrogen-bond donors (Lipinski definition) is 0. The minimum atomic E-state index is -0.253. The number of thiazole rings is 1. The standard InChI is InChI=1S/C24H30FN3O2S2/c1-4-27(5-2)14-15-28(23(29)13-16-31-20-10-7-18(25)8-11-20)24-26-21-12-9-19(30-6-3)17-22(21)32-24/h7-12,17H,4-6,13-16H2,1-3H3. The number of amides is 1. The zero-order valence-electron chi connectivity index (χ0n) is 18.8. The zero-order valence-corrected chi connectivity index (χ0v) is 20.5. The van der Waals surface area contributed by atoms with E-state index >= 15 is 0 Å². The summed E-state index contributed by atoms with van der Waals surface area (Å²) in [6, 6.07) is 12.2. The van der Waals surface area contributed by atoms with Gasteiger partial charge in [-0.3, -0.25) is 9.69 Å². The molecule has 3 aromatic rings. The predicted molar refractivity (Wildman–Crippen MR) is 133 cm³/mol. The number of nitrogens with zero attached hydrogens (tertiary/aromatic N) is 3. The molecule has 1 heterocycles. The molecular formula is C24H30FN3O2S2. The number of thioether (sulfide) groups is 1. The molecule has 0 radical (unpaired) electrons. The summed E-state index contributed by atoms with van der Waals surface area (Å²) in [6.07, 6.45) is 0.389. The number of halogens is 1. The molecule has 0 bridgehead atoms. The van der Waals surface area contributed by atoms with Crippen LogP contribution in [0.3, 0.4) is 0 Å². The molecule has 0 aliphatic carbocycles. The van der Waals surface area contributed by atoms with Crippen molar-refractivity contribution in [2.45, 2.75) is 32.1 Å². The van der Waals surface area contributed by atoms with Crippen LogP contribution in [0.25, 0.3) is 10.2 Å². The zero-order chi connectivity index (χ0) is 22.9. The molecule has 2 aromatic carbocycles. The normalized spacial score (nSPS) is 11.3. The van der Waals surface area contributed by atoms with Crippen LogP contribution in [-0.4, -0.2) is 54.3 Å². The van der Waals surface area contributed by atoms with E-state index in [9.17, 15) is 9.18 Å². The Kier molecular flexibility index (Phi) is 9.32. The van der Waals surface area contributed by atoms with E-state index < -0.39 is 0 Å². The largest absolute Gasteiger partial charge is 0.494 e. The summed E-state index contributed by atoms with van der Waals surface area (Å²) in [7, 11) is 0. The van der Waals surface area contributed by atoms with Gasteiger partial charge < -0.3 is 9.64 Å². The number of rotatable bonds is 12. The van der Waals surface area contributed by atoms with E-state index in [1.807, 2.05) is 30.0 Å². The Hall–Kier alpha value is -2.16. The lowest BCUT2D eigenvalue weighted by molar-refractivity contribution is -0.118. The first-order valence-corrected chi connectivity index (χ1v) is 12.8. The third kappa shape index (κ3) is 6.67. The van der Waals surface area contributed by atoms with Gasteiger partial charge in [-0.1, -0.05) is 25.2 Å². The molecule has 172 valence electrons. The van der Waals surface area contributed by atoms with Crippen LogP contribution in [0.5, 0.6) is 5.75 Å². The van der Waals surface area contributed by atoms with Gasteiger partial charge in [0.25, 0.3) is 0 Å². The van der Waals surface area contributed by atoms with Crippen molar-refractivity contribution in [3.8, 4) is 5.75 Å². The van der Waals surface area contributed by atoms with Crippen molar-refractivity contribution in [2.24, 2.45) is 0 Å². The van der Waals surface area contributed by atoms with Gasteiger partial charge in [-0.15, -0.1) is 11.8 Å². The molecule has 0 fully saturated rings. The SMILES string of the molecule is CCOc1ccc2nc(N(CCN(CC)CC)C(=O)CCSc3ccc(F)cc3)sc2c1. The maximum atomic E-state index is 13.2. The van der Waals surface area contributed by atoms with Gasteiger partial charge in [-0.2, -0.15) is 0 Å². The summed E-state index contributed by atoms with van der Waals surface area (Å²) in [6.45, 7) is 10.1. The molecule has 0 aliphatic rings. The highest BCUT2D eigenvalue weighted by Crippen LogP contribution is 2.32. The van der Waals surface area contributed by atoms with Gasteiger partial charge in [-0.05, 0) is 62.5 Å². The smallest absolute Gasteiger partial charge is 0.229 e. The first-order valence-electron chi connectivity index (χ1n) is 11.0. The molecule has 0 spiro atoms. The monoisotopic (exact) mass is 475 g/mol. The molecule has 0 saturated heterocycles. The molecule has 0 aliphatic heterocycles. The summed E-state index contributed by atoms with van der Waals surface area (Å²) in [5.41, 5.74) is 0.870. The van der Waals surface area contributed by atoms with Crippen molar-refractivity contribution in [3.05, 3.63) is 48.3 Å². The van der Waals surface area contributed by atoms with E-state index in [4.69, 9.17) is 9.72 Å². The highest BCUT2D eigenvalue weighted by atomic mass is 32.2. The molecule has 3 rings (SSSR count). The number of hydrogen-bond acceptors (Lipinski definition) is 6. The Balaban J connectivity index is 1.73. The molecule has 8 heteroatoms.